The lowest BCUT2D eigenvalue weighted by molar-refractivity contribution is -0.382. The fourth-order valence-corrected chi connectivity index (χ4v) is 2.85. The summed E-state index contributed by atoms with van der Waals surface area (Å²) in [6.45, 7) is 1.18. The van der Waals surface area contributed by atoms with Crippen LogP contribution in [-0.2, 0) is 4.79 Å². The van der Waals surface area contributed by atoms with Crippen LogP contribution < -0.4 is 10.7 Å². The molecule has 1 aliphatic carbocycles. The molecule has 2 aromatic rings. The number of nitrogens with zero attached hydrogens (tertiary/aromatic N) is 2. The predicted octanol–water partition coefficient (Wildman–Crippen LogP) is 1.97. The van der Waals surface area contributed by atoms with Crippen LogP contribution in [0.5, 0.6) is 0 Å². The van der Waals surface area contributed by atoms with E-state index in [1.807, 2.05) is 0 Å². The molecular formula is C16H14FN3O7. The van der Waals surface area contributed by atoms with E-state index in [0.717, 1.165) is 6.20 Å². The van der Waals surface area contributed by atoms with E-state index in [2.05, 4.69) is 5.32 Å². The number of halogens is 1. The van der Waals surface area contributed by atoms with Crippen molar-refractivity contribution in [3.8, 4) is 0 Å². The summed E-state index contributed by atoms with van der Waals surface area (Å²) in [4.78, 5) is 45.6. The van der Waals surface area contributed by atoms with Crippen LogP contribution >= 0.6 is 0 Å². The van der Waals surface area contributed by atoms with E-state index in [1.165, 1.54) is 11.5 Å². The molecule has 142 valence electrons. The van der Waals surface area contributed by atoms with Crippen LogP contribution in [0.4, 0.5) is 15.8 Å². The Labute approximate surface area is 150 Å². The molecule has 0 unspecified atom stereocenters. The quantitative estimate of drug-likeness (QED) is 0.509. The number of aromatic nitrogens is 1. The zero-order valence-electron chi connectivity index (χ0n) is 13.9. The molecular weight excluding hydrogens is 365 g/mol. The number of carboxylic acids is 2. The number of nitrogens with one attached hydrogen (secondary N) is 1. The average molecular weight is 379 g/mol. The Morgan fingerprint density at radius 2 is 2.04 bits per heavy atom. The van der Waals surface area contributed by atoms with Crippen LogP contribution in [-0.4, -0.2) is 37.7 Å². The van der Waals surface area contributed by atoms with E-state index in [0.29, 0.717) is 18.9 Å². The zero-order chi connectivity index (χ0) is 20.0. The minimum Gasteiger partial charge on any atom is -0.480 e. The first kappa shape index (κ1) is 18.3. The molecule has 3 rings (SSSR count). The van der Waals surface area contributed by atoms with Crippen LogP contribution in [0.3, 0.4) is 0 Å². The highest BCUT2D eigenvalue weighted by Crippen LogP contribution is 2.42. The lowest BCUT2D eigenvalue weighted by Gasteiger charge is -2.16. The van der Waals surface area contributed by atoms with Crippen LogP contribution in [0.15, 0.2) is 17.1 Å². The number of nitro groups is 1. The number of anilines is 1. The van der Waals surface area contributed by atoms with Gasteiger partial charge in [-0.3, -0.25) is 19.7 Å². The summed E-state index contributed by atoms with van der Waals surface area (Å²) in [5.41, 5.74) is -3.38. The molecule has 1 saturated carbocycles. The Balaban J connectivity index is 2.43. The van der Waals surface area contributed by atoms with Crippen LogP contribution in [0.2, 0.25) is 0 Å². The molecule has 0 radical (unpaired) electrons. The topological polar surface area (TPSA) is 152 Å². The van der Waals surface area contributed by atoms with Crippen LogP contribution in [0.25, 0.3) is 10.9 Å². The van der Waals surface area contributed by atoms with Gasteiger partial charge < -0.3 is 20.1 Å². The van der Waals surface area contributed by atoms with E-state index in [9.17, 15) is 34.0 Å². The number of benzene rings is 1. The molecule has 1 aliphatic rings. The van der Waals surface area contributed by atoms with E-state index in [-0.39, 0.29) is 11.6 Å². The summed E-state index contributed by atoms with van der Waals surface area (Å²) in [6.07, 6.45) is 2.24. The van der Waals surface area contributed by atoms with Gasteiger partial charge in [0.2, 0.25) is 5.43 Å². The molecule has 1 atom stereocenters. The van der Waals surface area contributed by atoms with E-state index in [4.69, 9.17) is 5.11 Å². The average Bonchev–Trinajstić information content (AvgIpc) is 3.40. The summed E-state index contributed by atoms with van der Waals surface area (Å²) in [7, 11) is 0. The summed E-state index contributed by atoms with van der Waals surface area (Å²) in [5, 5.41) is 31.7. The van der Waals surface area contributed by atoms with Gasteiger partial charge in [0.15, 0.2) is 11.5 Å². The summed E-state index contributed by atoms with van der Waals surface area (Å²) >= 11 is 0. The maximum Gasteiger partial charge on any atom is 0.341 e. The smallest absolute Gasteiger partial charge is 0.341 e. The Hall–Kier alpha value is -3.50. The van der Waals surface area contributed by atoms with Gasteiger partial charge in [-0.05, 0) is 25.8 Å². The second-order valence-corrected chi connectivity index (χ2v) is 6.26. The third-order valence-corrected chi connectivity index (χ3v) is 4.33. The van der Waals surface area contributed by atoms with Crippen molar-refractivity contribution in [1.29, 1.82) is 0 Å². The number of aliphatic carboxylic acids is 1. The molecule has 11 heteroatoms. The molecule has 1 aromatic carbocycles. The normalized spacial score (nSPS) is 14.7. The molecule has 1 fully saturated rings. The van der Waals surface area contributed by atoms with Gasteiger partial charge in [0.1, 0.15) is 17.1 Å². The number of hydrogen-bond acceptors (Lipinski definition) is 6. The van der Waals surface area contributed by atoms with Crippen molar-refractivity contribution in [2.75, 3.05) is 5.32 Å². The monoisotopic (exact) mass is 379 g/mol. The molecule has 0 saturated heterocycles. The van der Waals surface area contributed by atoms with Gasteiger partial charge >= 0.3 is 17.6 Å². The van der Waals surface area contributed by atoms with Gasteiger partial charge in [0.25, 0.3) is 0 Å². The fourth-order valence-electron chi connectivity index (χ4n) is 2.85. The molecule has 1 heterocycles. The molecule has 0 spiro atoms. The minimum absolute atomic E-state index is 0.237. The molecule has 3 N–H and O–H groups in total. The lowest BCUT2D eigenvalue weighted by atomic mass is 10.1. The molecule has 0 aliphatic heterocycles. The minimum atomic E-state index is -1.53. The number of rotatable bonds is 6. The maximum atomic E-state index is 14.6. The first-order chi connectivity index (χ1) is 12.6. The van der Waals surface area contributed by atoms with Gasteiger partial charge in [-0.1, -0.05) is 0 Å². The highest BCUT2D eigenvalue weighted by molar-refractivity contribution is 5.99. The standard InChI is InChI=1S/C16H14FN3O7/c1-6(15(22)23)18-11-10(17)4-8-12(13(11)20(26)27)19(7-2-3-7)5-9(14(8)21)16(24)25/h4-7,18H,2-3H2,1H3,(H,22,23)(H,24,25)/t6-/m0/s1. The summed E-state index contributed by atoms with van der Waals surface area (Å²) in [6, 6.07) is -0.900. The zero-order valence-corrected chi connectivity index (χ0v) is 13.9. The second-order valence-electron chi connectivity index (χ2n) is 6.26. The van der Waals surface area contributed by atoms with E-state index < -0.39 is 56.5 Å². The van der Waals surface area contributed by atoms with Crippen molar-refractivity contribution >= 4 is 34.2 Å². The molecule has 0 bridgehead atoms. The largest absolute Gasteiger partial charge is 0.480 e. The van der Waals surface area contributed by atoms with Crippen molar-refractivity contribution in [2.24, 2.45) is 0 Å². The van der Waals surface area contributed by atoms with Crippen LogP contribution in [0, 0.1) is 15.9 Å². The first-order valence-electron chi connectivity index (χ1n) is 7.91. The van der Waals surface area contributed by atoms with Gasteiger partial charge in [0.05, 0.1) is 10.3 Å². The summed E-state index contributed by atoms with van der Waals surface area (Å²) < 4.78 is 15.9. The number of fused-ring (bicyclic) bond motifs is 1. The highest BCUT2D eigenvalue weighted by atomic mass is 19.1. The number of carbonyl (C=O) groups is 2. The van der Waals surface area contributed by atoms with Crippen molar-refractivity contribution in [1.82, 2.24) is 4.57 Å². The predicted molar refractivity (Wildman–Crippen MR) is 90.8 cm³/mol. The second kappa shape index (κ2) is 6.34. The lowest BCUT2D eigenvalue weighted by Crippen LogP contribution is -2.27. The maximum absolute atomic E-state index is 14.6. The van der Waals surface area contributed by atoms with E-state index in [1.54, 1.807) is 0 Å². The third kappa shape index (κ3) is 3.07. The van der Waals surface area contributed by atoms with Gasteiger partial charge in [-0.2, -0.15) is 0 Å². The Bertz CT molecular complexity index is 1060. The molecule has 10 nitrogen and oxygen atoms in total. The number of hydrogen-bond donors (Lipinski definition) is 3. The Morgan fingerprint density at radius 1 is 1.41 bits per heavy atom. The molecule has 0 amide bonds. The van der Waals surface area contributed by atoms with Gasteiger partial charge in [0, 0.05) is 12.2 Å². The van der Waals surface area contributed by atoms with E-state index >= 15 is 0 Å². The van der Waals surface area contributed by atoms with Crippen molar-refractivity contribution < 1.29 is 29.1 Å². The third-order valence-electron chi connectivity index (χ3n) is 4.33. The summed E-state index contributed by atoms with van der Waals surface area (Å²) in [5.74, 6) is -4.10. The number of carboxylic acid groups (broad SMARTS) is 2. The molecule has 1 aromatic heterocycles. The number of nitro benzene ring substituents is 1. The SMILES string of the molecule is C[C@H](Nc1c(F)cc2c(=O)c(C(=O)O)cn(C3CC3)c2c1[N+](=O)[O-])C(=O)O. The van der Waals surface area contributed by atoms with Crippen molar-refractivity contribution in [3.63, 3.8) is 0 Å². The Kier molecular flexibility index (Phi) is 4.30. The first-order valence-corrected chi connectivity index (χ1v) is 7.91. The number of pyridine rings is 1. The van der Waals surface area contributed by atoms with Crippen molar-refractivity contribution in [3.05, 3.63) is 44.0 Å². The van der Waals surface area contributed by atoms with Crippen LogP contribution in [0.1, 0.15) is 36.2 Å². The molecule has 27 heavy (non-hydrogen) atoms. The van der Waals surface area contributed by atoms with Gasteiger partial charge in [-0.25, -0.2) is 9.18 Å². The van der Waals surface area contributed by atoms with Crippen molar-refractivity contribution in [2.45, 2.75) is 31.8 Å². The number of aromatic carboxylic acids is 1. The Morgan fingerprint density at radius 3 is 2.52 bits per heavy atom. The van der Waals surface area contributed by atoms with Gasteiger partial charge in [-0.15, -0.1) is 0 Å². The highest BCUT2D eigenvalue weighted by Gasteiger charge is 2.34. The fraction of sp³-hybridized carbons (Fsp3) is 0.312.